The molecule has 120 valence electrons. The van der Waals surface area contributed by atoms with E-state index in [9.17, 15) is 34.8 Å². The van der Waals surface area contributed by atoms with Gasteiger partial charge in [0.2, 0.25) is 10.0 Å². The predicted octanol–water partition coefficient (Wildman–Crippen LogP) is 2.90. The zero-order chi connectivity index (χ0) is 16.4. The molecule has 0 bridgehead atoms. The van der Waals surface area contributed by atoms with Crippen LogP contribution in [0.5, 0.6) is 0 Å². The Morgan fingerprint density at radius 3 is 1.95 bits per heavy atom. The molecule has 0 radical (unpaired) electrons. The molecule has 0 unspecified atom stereocenters. The van der Waals surface area contributed by atoms with Crippen molar-refractivity contribution in [1.29, 1.82) is 0 Å². The molecule has 1 aromatic rings. The first-order chi connectivity index (χ1) is 9.49. The number of nitrogens with zero attached hydrogens (tertiary/aromatic N) is 1. The zero-order valence-electron chi connectivity index (χ0n) is 10.1. The van der Waals surface area contributed by atoms with Gasteiger partial charge in [-0.3, -0.25) is 0 Å². The van der Waals surface area contributed by atoms with E-state index in [0.29, 0.717) is 0 Å². The Morgan fingerprint density at radius 2 is 1.57 bits per heavy atom. The molecule has 0 heterocycles. The molecular weight excluding hydrogens is 348 g/mol. The molecule has 0 aromatic heterocycles. The van der Waals surface area contributed by atoms with Crippen LogP contribution in [0.25, 0.3) is 0 Å². The molecule has 1 rings (SSSR count). The lowest BCUT2D eigenvalue weighted by Crippen LogP contribution is -2.40. The van der Waals surface area contributed by atoms with Crippen molar-refractivity contribution in [2.24, 2.45) is 0 Å². The molecule has 0 aliphatic carbocycles. The van der Waals surface area contributed by atoms with Crippen molar-refractivity contribution in [1.82, 2.24) is 4.31 Å². The summed E-state index contributed by atoms with van der Waals surface area (Å²) in [5.74, 6) is -5.58. The fourth-order valence-corrected chi connectivity index (χ4v) is 3.30. The van der Waals surface area contributed by atoms with Gasteiger partial charge in [0.25, 0.3) is 0 Å². The Morgan fingerprint density at radius 1 is 1.10 bits per heavy atom. The van der Waals surface area contributed by atoms with Crippen molar-refractivity contribution in [2.75, 3.05) is 19.0 Å². The van der Waals surface area contributed by atoms with Gasteiger partial charge in [0.05, 0.1) is 0 Å². The lowest BCUT2D eigenvalue weighted by atomic mass is 10.3. The third-order valence-electron chi connectivity index (χ3n) is 2.25. The Balaban J connectivity index is 3.36. The highest BCUT2D eigenvalue weighted by molar-refractivity contribution is 7.89. The van der Waals surface area contributed by atoms with E-state index in [4.69, 9.17) is 11.6 Å². The van der Waals surface area contributed by atoms with Crippen LogP contribution in [-0.2, 0) is 10.0 Å². The molecular formula is C10H8ClF6NO2S. The molecule has 1 aromatic carbocycles. The quantitative estimate of drug-likeness (QED) is 0.601. The average molecular weight is 356 g/mol. The number of hydrogen-bond donors (Lipinski definition) is 0. The molecule has 11 heteroatoms. The number of sulfonamides is 1. The van der Waals surface area contributed by atoms with E-state index in [0.717, 1.165) is 0 Å². The predicted molar refractivity (Wildman–Crippen MR) is 61.8 cm³/mol. The number of halogens is 7. The van der Waals surface area contributed by atoms with E-state index in [1.165, 1.54) is 0 Å². The van der Waals surface area contributed by atoms with Crippen LogP contribution < -0.4 is 0 Å². The standard InChI is InChI=1S/C10H8ClF6NO2S/c11-1-2-18(5-10(15,16)17)21(19,20)9-7(13)3-6(12)4-8(9)14/h3-4H,1-2,5H2. The highest BCUT2D eigenvalue weighted by Gasteiger charge is 2.39. The molecule has 0 N–H and O–H groups in total. The smallest absolute Gasteiger partial charge is 0.207 e. The highest BCUT2D eigenvalue weighted by Crippen LogP contribution is 2.26. The third kappa shape index (κ3) is 4.48. The van der Waals surface area contributed by atoms with E-state index in [1.54, 1.807) is 0 Å². The SMILES string of the molecule is O=S(=O)(c1c(F)cc(F)cc1F)N(CCCl)CC(F)(F)F. The Bertz CT molecular complexity index is 595. The monoisotopic (exact) mass is 355 g/mol. The van der Waals surface area contributed by atoms with Crippen LogP contribution >= 0.6 is 11.6 Å². The van der Waals surface area contributed by atoms with Crippen LogP contribution in [0.3, 0.4) is 0 Å². The molecule has 0 atom stereocenters. The molecule has 0 aliphatic heterocycles. The molecule has 0 aliphatic rings. The van der Waals surface area contributed by atoms with Crippen LogP contribution in [0.1, 0.15) is 0 Å². The summed E-state index contributed by atoms with van der Waals surface area (Å²) < 4.78 is 100. The maximum atomic E-state index is 13.4. The van der Waals surface area contributed by atoms with Crippen molar-refractivity contribution in [2.45, 2.75) is 11.1 Å². The number of benzene rings is 1. The van der Waals surface area contributed by atoms with Crippen molar-refractivity contribution in [3.8, 4) is 0 Å². The van der Waals surface area contributed by atoms with E-state index < -0.39 is 57.5 Å². The molecule has 0 saturated carbocycles. The van der Waals surface area contributed by atoms with E-state index in [2.05, 4.69) is 0 Å². The minimum atomic E-state index is -5.16. The molecule has 0 saturated heterocycles. The summed E-state index contributed by atoms with van der Waals surface area (Å²) in [6.45, 7) is -2.79. The van der Waals surface area contributed by atoms with Crippen LogP contribution in [0.4, 0.5) is 26.3 Å². The van der Waals surface area contributed by atoms with Gasteiger partial charge in [-0.2, -0.15) is 17.5 Å². The average Bonchev–Trinajstić information content (AvgIpc) is 2.24. The third-order valence-corrected chi connectivity index (χ3v) is 4.32. The first-order valence-corrected chi connectivity index (χ1v) is 7.24. The normalized spacial score (nSPS) is 13.0. The van der Waals surface area contributed by atoms with Gasteiger partial charge >= 0.3 is 6.18 Å². The Hall–Kier alpha value is -1.00. The van der Waals surface area contributed by atoms with Crippen LogP contribution in [0.15, 0.2) is 17.0 Å². The number of alkyl halides is 4. The van der Waals surface area contributed by atoms with Gasteiger partial charge in [-0.25, -0.2) is 21.6 Å². The summed E-state index contributed by atoms with van der Waals surface area (Å²) in [4.78, 5) is -1.65. The second kappa shape index (κ2) is 6.41. The summed E-state index contributed by atoms with van der Waals surface area (Å²) in [7, 11) is -5.16. The fraction of sp³-hybridized carbons (Fsp3) is 0.400. The highest BCUT2D eigenvalue weighted by atomic mass is 35.5. The van der Waals surface area contributed by atoms with Crippen LogP contribution in [-0.4, -0.2) is 37.9 Å². The molecule has 3 nitrogen and oxygen atoms in total. The minimum absolute atomic E-state index is 0.0580. The second-order valence-corrected chi connectivity index (χ2v) is 6.09. The Labute approximate surface area is 121 Å². The van der Waals surface area contributed by atoms with Gasteiger partial charge in [-0.1, -0.05) is 0 Å². The molecule has 0 spiro atoms. The summed E-state index contributed by atoms with van der Waals surface area (Å²) >= 11 is 5.20. The molecule has 0 amide bonds. The summed E-state index contributed by atoms with van der Waals surface area (Å²) in [6, 6.07) is 0.116. The van der Waals surface area contributed by atoms with E-state index >= 15 is 0 Å². The Kier molecular flexibility index (Phi) is 5.51. The topological polar surface area (TPSA) is 37.4 Å². The first kappa shape index (κ1) is 18.1. The van der Waals surface area contributed by atoms with Gasteiger partial charge in [0.15, 0.2) is 4.90 Å². The summed E-state index contributed by atoms with van der Waals surface area (Å²) in [6.07, 6.45) is -4.94. The van der Waals surface area contributed by atoms with Gasteiger partial charge in [-0.05, 0) is 0 Å². The van der Waals surface area contributed by atoms with Gasteiger partial charge in [0, 0.05) is 24.6 Å². The van der Waals surface area contributed by atoms with Crippen molar-refractivity contribution in [3.05, 3.63) is 29.6 Å². The van der Waals surface area contributed by atoms with Crippen molar-refractivity contribution in [3.63, 3.8) is 0 Å². The maximum absolute atomic E-state index is 13.4. The van der Waals surface area contributed by atoms with Gasteiger partial charge < -0.3 is 0 Å². The van der Waals surface area contributed by atoms with Gasteiger partial charge in [0.1, 0.15) is 24.0 Å². The van der Waals surface area contributed by atoms with E-state index in [-0.39, 0.29) is 16.4 Å². The largest absolute Gasteiger partial charge is 0.402 e. The minimum Gasteiger partial charge on any atom is -0.207 e. The van der Waals surface area contributed by atoms with Crippen molar-refractivity contribution < 1.29 is 34.8 Å². The van der Waals surface area contributed by atoms with Crippen molar-refractivity contribution >= 4 is 21.6 Å². The van der Waals surface area contributed by atoms with Gasteiger partial charge in [-0.15, -0.1) is 11.6 Å². The second-order valence-electron chi connectivity index (χ2n) is 3.84. The molecule has 0 fully saturated rings. The lowest BCUT2D eigenvalue weighted by Gasteiger charge is -2.22. The van der Waals surface area contributed by atoms with Crippen LogP contribution in [0.2, 0.25) is 0 Å². The number of rotatable bonds is 5. The van der Waals surface area contributed by atoms with Crippen LogP contribution in [0, 0.1) is 17.5 Å². The summed E-state index contributed by atoms with van der Waals surface area (Å²) in [5, 5.41) is 0. The maximum Gasteiger partial charge on any atom is 0.402 e. The fourth-order valence-electron chi connectivity index (χ4n) is 1.48. The van der Waals surface area contributed by atoms with E-state index in [1.807, 2.05) is 0 Å². The first-order valence-electron chi connectivity index (χ1n) is 5.26. The number of hydrogen-bond acceptors (Lipinski definition) is 2. The zero-order valence-corrected chi connectivity index (χ0v) is 11.7. The molecule has 21 heavy (non-hydrogen) atoms. The summed E-state index contributed by atoms with van der Waals surface area (Å²) in [5.41, 5.74) is 0. The lowest BCUT2D eigenvalue weighted by molar-refractivity contribution is -0.135.